The van der Waals surface area contributed by atoms with Crippen molar-refractivity contribution in [2.45, 2.75) is 39.7 Å². The van der Waals surface area contributed by atoms with Gasteiger partial charge in [0.25, 0.3) is 0 Å². The molecule has 1 amide bonds. The van der Waals surface area contributed by atoms with Crippen LogP contribution in [-0.4, -0.2) is 47.2 Å². The molecule has 0 aliphatic carbocycles. The molecular formula is C14H25N5O2. The molecule has 2 rings (SSSR count). The van der Waals surface area contributed by atoms with Crippen LogP contribution in [0, 0.1) is 5.92 Å². The second kappa shape index (κ2) is 7.97. The third kappa shape index (κ3) is 5.34. The van der Waals surface area contributed by atoms with E-state index in [2.05, 4.69) is 34.7 Å². The highest BCUT2D eigenvalue weighted by Crippen LogP contribution is 2.09. The second-order valence-corrected chi connectivity index (χ2v) is 5.82. The highest BCUT2D eigenvalue weighted by molar-refractivity contribution is 5.80. The van der Waals surface area contributed by atoms with E-state index >= 15 is 0 Å². The van der Waals surface area contributed by atoms with Crippen molar-refractivity contribution in [2.24, 2.45) is 5.92 Å². The van der Waals surface area contributed by atoms with Crippen LogP contribution in [0.3, 0.4) is 0 Å². The molecule has 0 radical (unpaired) electrons. The Kier molecular flexibility index (Phi) is 5.98. The van der Waals surface area contributed by atoms with E-state index in [0.717, 1.165) is 32.5 Å². The summed E-state index contributed by atoms with van der Waals surface area (Å²) in [6, 6.07) is 0.307. The molecule has 1 saturated heterocycles. The van der Waals surface area contributed by atoms with E-state index in [1.54, 1.807) is 0 Å². The van der Waals surface area contributed by atoms with Crippen molar-refractivity contribution in [3.05, 3.63) is 5.89 Å². The number of carbonyl (C=O) groups is 1. The Labute approximate surface area is 125 Å². The number of piperidine rings is 1. The Morgan fingerprint density at radius 3 is 2.76 bits per heavy atom. The zero-order chi connectivity index (χ0) is 15.1. The molecule has 2 N–H and O–H groups in total. The topological polar surface area (TPSA) is 83.3 Å². The van der Waals surface area contributed by atoms with Crippen molar-refractivity contribution in [1.29, 1.82) is 0 Å². The minimum atomic E-state index is 0.0902. The number of nitrogens with zero attached hydrogens (tertiary/aromatic N) is 3. The molecule has 0 aromatic carbocycles. The van der Waals surface area contributed by atoms with E-state index in [0.29, 0.717) is 24.4 Å². The van der Waals surface area contributed by atoms with Gasteiger partial charge in [0, 0.05) is 13.1 Å². The predicted molar refractivity (Wildman–Crippen MR) is 79.8 cm³/mol. The maximum atomic E-state index is 12.0. The minimum Gasteiger partial charge on any atom is -0.407 e. The first-order valence-electron chi connectivity index (χ1n) is 7.70. The Morgan fingerprint density at radius 1 is 1.29 bits per heavy atom. The number of amides is 1. The molecule has 1 aromatic heterocycles. The van der Waals surface area contributed by atoms with Crippen molar-refractivity contribution in [3.63, 3.8) is 0 Å². The Balaban J connectivity index is 1.70. The van der Waals surface area contributed by atoms with Gasteiger partial charge in [-0.25, -0.2) is 0 Å². The SMILES string of the molecule is CC(C)CNCc1nnc(NCC(=O)N2CCCCC2)o1. The Hall–Kier alpha value is -1.63. The molecule has 118 valence electrons. The van der Waals surface area contributed by atoms with Crippen LogP contribution in [0.2, 0.25) is 0 Å². The summed E-state index contributed by atoms with van der Waals surface area (Å²) in [4.78, 5) is 13.9. The van der Waals surface area contributed by atoms with Gasteiger partial charge < -0.3 is 20.0 Å². The molecule has 7 nitrogen and oxygen atoms in total. The molecule has 0 saturated carbocycles. The fraction of sp³-hybridized carbons (Fsp3) is 0.786. The monoisotopic (exact) mass is 295 g/mol. The van der Waals surface area contributed by atoms with Crippen molar-refractivity contribution < 1.29 is 9.21 Å². The Morgan fingerprint density at radius 2 is 2.05 bits per heavy atom. The van der Waals surface area contributed by atoms with E-state index < -0.39 is 0 Å². The van der Waals surface area contributed by atoms with Crippen LogP contribution in [-0.2, 0) is 11.3 Å². The van der Waals surface area contributed by atoms with Crippen molar-refractivity contribution in [3.8, 4) is 0 Å². The van der Waals surface area contributed by atoms with Crippen molar-refractivity contribution in [1.82, 2.24) is 20.4 Å². The number of hydrogen-bond acceptors (Lipinski definition) is 6. The van der Waals surface area contributed by atoms with Crippen LogP contribution in [0.5, 0.6) is 0 Å². The lowest BCUT2D eigenvalue weighted by Crippen LogP contribution is -2.39. The van der Waals surface area contributed by atoms with Gasteiger partial charge >= 0.3 is 6.01 Å². The van der Waals surface area contributed by atoms with Gasteiger partial charge in [0.05, 0.1) is 13.1 Å². The van der Waals surface area contributed by atoms with Gasteiger partial charge in [0.1, 0.15) is 0 Å². The van der Waals surface area contributed by atoms with Crippen LogP contribution in [0.1, 0.15) is 39.0 Å². The van der Waals surface area contributed by atoms with E-state index in [9.17, 15) is 4.79 Å². The molecule has 1 aliphatic heterocycles. The Bertz CT molecular complexity index is 440. The molecule has 1 fully saturated rings. The summed E-state index contributed by atoms with van der Waals surface area (Å²) in [5.74, 6) is 1.20. The fourth-order valence-electron chi connectivity index (χ4n) is 2.27. The summed E-state index contributed by atoms with van der Waals surface area (Å²) in [7, 11) is 0. The quantitative estimate of drug-likeness (QED) is 0.787. The predicted octanol–water partition coefficient (Wildman–Crippen LogP) is 1.24. The minimum absolute atomic E-state index is 0.0902. The van der Waals surface area contributed by atoms with Crippen LogP contribution < -0.4 is 10.6 Å². The maximum absolute atomic E-state index is 12.0. The first-order chi connectivity index (χ1) is 10.1. The maximum Gasteiger partial charge on any atom is 0.315 e. The van der Waals surface area contributed by atoms with Crippen LogP contribution in [0.15, 0.2) is 4.42 Å². The van der Waals surface area contributed by atoms with Gasteiger partial charge in [-0.05, 0) is 31.7 Å². The third-order valence-electron chi connectivity index (χ3n) is 3.40. The molecule has 7 heteroatoms. The number of nitrogens with one attached hydrogen (secondary N) is 2. The van der Waals surface area contributed by atoms with Crippen LogP contribution in [0.4, 0.5) is 6.01 Å². The number of rotatable bonds is 7. The average molecular weight is 295 g/mol. The first kappa shape index (κ1) is 15.8. The lowest BCUT2D eigenvalue weighted by Gasteiger charge is -2.26. The molecule has 0 atom stereocenters. The lowest BCUT2D eigenvalue weighted by atomic mass is 10.1. The standard InChI is InChI=1S/C14H25N5O2/c1-11(2)8-15-9-12-17-18-14(21-12)16-10-13(20)19-6-4-3-5-7-19/h11,15H,3-10H2,1-2H3,(H,16,18). The van der Waals surface area contributed by atoms with Gasteiger partial charge in [-0.15, -0.1) is 5.10 Å². The molecule has 1 aliphatic rings. The van der Waals surface area contributed by atoms with Crippen LogP contribution in [0.25, 0.3) is 0 Å². The van der Waals surface area contributed by atoms with E-state index in [4.69, 9.17) is 4.42 Å². The number of hydrogen-bond donors (Lipinski definition) is 2. The van der Waals surface area contributed by atoms with Gasteiger partial charge in [-0.2, -0.15) is 0 Å². The summed E-state index contributed by atoms with van der Waals surface area (Å²) in [5, 5.41) is 14.0. The zero-order valence-corrected chi connectivity index (χ0v) is 12.9. The summed E-state index contributed by atoms with van der Waals surface area (Å²) >= 11 is 0. The number of likely N-dealkylation sites (tertiary alicyclic amines) is 1. The van der Waals surface area contributed by atoms with Crippen molar-refractivity contribution in [2.75, 3.05) is 31.5 Å². The average Bonchev–Trinajstić information content (AvgIpc) is 2.93. The first-order valence-corrected chi connectivity index (χ1v) is 7.70. The summed E-state index contributed by atoms with van der Waals surface area (Å²) in [6.45, 7) is 7.65. The molecule has 21 heavy (non-hydrogen) atoms. The molecule has 0 unspecified atom stereocenters. The molecule has 2 heterocycles. The van der Waals surface area contributed by atoms with Gasteiger partial charge in [0.2, 0.25) is 11.8 Å². The number of carbonyl (C=O) groups excluding carboxylic acids is 1. The summed E-state index contributed by atoms with van der Waals surface area (Å²) < 4.78 is 5.44. The third-order valence-corrected chi connectivity index (χ3v) is 3.40. The number of anilines is 1. The molecule has 0 bridgehead atoms. The normalized spacial score (nSPS) is 15.5. The summed E-state index contributed by atoms with van der Waals surface area (Å²) in [6.07, 6.45) is 3.41. The second-order valence-electron chi connectivity index (χ2n) is 5.82. The van der Waals surface area contributed by atoms with E-state index in [-0.39, 0.29) is 12.5 Å². The van der Waals surface area contributed by atoms with Crippen molar-refractivity contribution >= 4 is 11.9 Å². The highest BCUT2D eigenvalue weighted by Gasteiger charge is 2.16. The fourth-order valence-corrected chi connectivity index (χ4v) is 2.27. The van der Waals surface area contributed by atoms with E-state index in [1.807, 2.05) is 4.90 Å². The van der Waals surface area contributed by atoms with Gasteiger partial charge in [0.15, 0.2) is 0 Å². The summed E-state index contributed by atoms with van der Waals surface area (Å²) in [5.41, 5.74) is 0. The van der Waals surface area contributed by atoms with Gasteiger partial charge in [-0.1, -0.05) is 18.9 Å². The smallest absolute Gasteiger partial charge is 0.315 e. The zero-order valence-electron chi connectivity index (χ0n) is 12.9. The van der Waals surface area contributed by atoms with E-state index in [1.165, 1.54) is 6.42 Å². The molecule has 1 aromatic rings. The highest BCUT2D eigenvalue weighted by atomic mass is 16.4. The van der Waals surface area contributed by atoms with Gasteiger partial charge in [-0.3, -0.25) is 4.79 Å². The lowest BCUT2D eigenvalue weighted by molar-refractivity contribution is -0.130. The van der Waals surface area contributed by atoms with Crippen LogP contribution >= 0.6 is 0 Å². The molecule has 0 spiro atoms. The number of aromatic nitrogens is 2. The largest absolute Gasteiger partial charge is 0.407 e. The molecular weight excluding hydrogens is 270 g/mol.